The van der Waals surface area contributed by atoms with Crippen molar-refractivity contribution in [1.29, 1.82) is 0 Å². The van der Waals surface area contributed by atoms with Crippen LogP contribution in [-0.2, 0) is 0 Å². The highest BCUT2D eigenvalue weighted by atomic mass is 79.9. The Bertz CT molecular complexity index is 582. The van der Waals surface area contributed by atoms with Crippen LogP contribution < -0.4 is 0 Å². The predicted octanol–water partition coefficient (Wildman–Crippen LogP) is 5.05. The van der Waals surface area contributed by atoms with Gasteiger partial charge in [-0.2, -0.15) is 0 Å². The number of rotatable bonds is 1. The number of benzene rings is 2. The first-order valence-electron chi connectivity index (χ1n) is 4.66. The largest absolute Gasteiger partial charge is 0.507 e. The smallest absolute Gasteiger partial charge is 0.137 e. The van der Waals surface area contributed by atoms with Crippen molar-refractivity contribution in [2.75, 3.05) is 0 Å². The summed E-state index contributed by atoms with van der Waals surface area (Å²) in [4.78, 5) is 0. The van der Waals surface area contributed by atoms with Gasteiger partial charge in [-0.1, -0.05) is 31.9 Å². The Morgan fingerprint density at radius 3 is 2.12 bits per heavy atom. The Balaban J connectivity index is 2.72. The van der Waals surface area contributed by atoms with Crippen LogP contribution in [0.25, 0.3) is 11.1 Å². The molecule has 2 aromatic carbocycles. The van der Waals surface area contributed by atoms with E-state index < -0.39 is 0 Å². The SMILES string of the molecule is Oc1ccc(Br)cc1-c1cc(Br)cc(Br)c1O. The molecule has 0 amide bonds. The molecule has 0 aliphatic rings. The average molecular weight is 423 g/mol. The summed E-state index contributed by atoms with van der Waals surface area (Å²) < 4.78 is 2.22. The highest BCUT2D eigenvalue weighted by Gasteiger charge is 2.13. The van der Waals surface area contributed by atoms with E-state index >= 15 is 0 Å². The van der Waals surface area contributed by atoms with Crippen LogP contribution in [0, 0.1) is 0 Å². The molecule has 0 aliphatic heterocycles. The normalized spacial score (nSPS) is 10.5. The number of halogens is 3. The zero-order valence-corrected chi connectivity index (χ0v) is 13.2. The summed E-state index contributed by atoms with van der Waals surface area (Å²) in [5.74, 6) is 0.218. The van der Waals surface area contributed by atoms with Crippen molar-refractivity contribution in [1.82, 2.24) is 0 Å². The molecular formula is C12H7Br3O2. The first-order valence-corrected chi connectivity index (χ1v) is 7.04. The van der Waals surface area contributed by atoms with Crippen LogP contribution >= 0.6 is 47.8 Å². The van der Waals surface area contributed by atoms with Gasteiger partial charge in [-0.05, 0) is 46.3 Å². The van der Waals surface area contributed by atoms with Crippen molar-refractivity contribution >= 4 is 47.8 Å². The summed E-state index contributed by atoms with van der Waals surface area (Å²) in [6.07, 6.45) is 0. The van der Waals surface area contributed by atoms with Crippen molar-refractivity contribution in [3.63, 3.8) is 0 Å². The standard InChI is InChI=1S/C12H7Br3O2/c13-6-1-2-11(16)8(3-6)9-4-7(14)5-10(15)12(9)17/h1-5,16-17H. The van der Waals surface area contributed by atoms with E-state index in [9.17, 15) is 10.2 Å². The van der Waals surface area contributed by atoms with Crippen LogP contribution in [0.3, 0.4) is 0 Å². The second kappa shape index (κ2) is 5.00. The molecule has 5 heteroatoms. The summed E-state index contributed by atoms with van der Waals surface area (Å²) in [5, 5.41) is 19.8. The fraction of sp³-hybridized carbons (Fsp3) is 0. The van der Waals surface area contributed by atoms with Crippen molar-refractivity contribution in [2.24, 2.45) is 0 Å². The zero-order valence-electron chi connectivity index (χ0n) is 8.42. The molecule has 0 atom stereocenters. The molecular weight excluding hydrogens is 416 g/mol. The molecule has 0 spiro atoms. The third-order valence-corrected chi connectivity index (χ3v) is 3.83. The topological polar surface area (TPSA) is 40.5 Å². The number of hydrogen-bond acceptors (Lipinski definition) is 2. The van der Waals surface area contributed by atoms with Gasteiger partial charge < -0.3 is 10.2 Å². The molecule has 0 unspecified atom stereocenters. The van der Waals surface area contributed by atoms with Crippen molar-refractivity contribution in [2.45, 2.75) is 0 Å². The minimum atomic E-state index is 0.0987. The Kier molecular flexibility index (Phi) is 3.80. The van der Waals surface area contributed by atoms with Crippen LogP contribution in [0.15, 0.2) is 43.7 Å². The lowest BCUT2D eigenvalue weighted by Gasteiger charge is -2.10. The Morgan fingerprint density at radius 2 is 1.41 bits per heavy atom. The van der Waals surface area contributed by atoms with Gasteiger partial charge in [0.1, 0.15) is 11.5 Å². The molecule has 0 heterocycles. The van der Waals surface area contributed by atoms with E-state index in [4.69, 9.17) is 0 Å². The van der Waals surface area contributed by atoms with Crippen LogP contribution in [0.1, 0.15) is 0 Å². The van der Waals surface area contributed by atoms with Gasteiger partial charge in [0.2, 0.25) is 0 Å². The predicted molar refractivity (Wildman–Crippen MR) is 78.3 cm³/mol. The van der Waals surface area contributed by atoms with Gasteiger partial charge in [0.15, 0.2) is 0 Å². The second-order valence-corrected chi connectivity index (χ2v) is 6.13. The molecule has 0 saturated heterocycles. The zero-order chi connectivity index (χ0) is 12.6. The summed E-state index contributed by atoms with van der Waals surface area (Å²) in [5.41, 5.74) is 1.13. The number of aromatic hydroxyl groups is 2. The molecule has 2 N–H and O–H groups in total. The molecule has 0 fully saturated rings. The van der Waals surface area contributed by atoms with Crippen LogP contribution in [-0.4, -0.2) is 10.2 Å². The van der Waals surface area contributed by atoms with Crippen molar-refractivity contribution in [3.05, 3.63) is 43.7 Å². The van der Waals surface area contributed by atoms with E-state index in [1.165, 1.54) is 0 Å². The molecule has 0 aromatic heterocycles. The van der Waals surface area contributed by atoms with Gasteiger partial charge >= 0.3 is 0 Å². The van der Waals surface area contributed by atoms with Gasteiger partial charge in [0.05, 0.1) is 4.47 Å². The lowest BCUT2D eigenvalue weighted by Crippen LogP contribution is -1.83. The number of hydrogen-bond donors (Lipinski definition) is 2. The average Bonchev–Trinajstić information content (AvgIpc) is 2.27. The summed E-state index contributed by atoms with van der Waals surface area (Å²) in [6.45, 7) is 0. The third kappa shape index (κ3) is 2.67. The molecule has 0 aliphatic carbocycles. The fourth-order valence-corrected chi connectivity index (χ4v) is 3.08. The number of phenolic OH excluding ortho intramolecular Hbond substituents is 2. The van der Waals surface area contributed by atoms with Crippen LogP contribution in [0.4, 0.5) is 0 Å². The molecule has 2 rings (SSSR count). The lowest BCUT2D eigenvalue weighted by molar-refractivity contribution is 0.467. The Hall–Kier alpha value is -0.520. The Labute approximate surface area is 124 Å². The van der Waals surface area contributed by atoms with Gasteiger partial charge in [-0.25, -0.2) is 0 Å². The van der Waals surface area contributed by atoms with Gasteiger partial charge in [0.25, 0.3) is 0 Å². The van der Waals surface area contributed by atoms with Crippen molar-refractivity contribution in [3.8, 4) is 22.6 Å². The minimum Gasteiger partial charge on any atom is -0.507 e. The molecule has 88 valence electrons. The molecule has 2 aromatic rings. The van der Waals surface area contributed by atoms with E-state index in [1.54, 1.807) is 30.3 Å². The van der Waals surface area contributed by atoms with Crippen LogP contribution in [0.5, 0.6) is 11.5 Å². The molecule has 17 heavy (non-hydrogen) atoms. The van der Waals surface area contributed by atoms with E-state index in [0.717, 1.165) is 8.95 Å². The second-order valence-electron chi connectivity index (χ2n) is 3.45. The van der Waals surface area contributed by atoms with Crippen molar-refractivity contribution < 1.29 is 10.2 Å². The third-order valence-electron chi connectivity index (χ3n) is 2.28. The lowest BCUT2D eigenvalue weighted by atomic mass is 10.0. The maximum Gasteiger partial charge on any atom is 0.137 e. The van der Waals surface area contributed by atoms with Gasteiger partial charge in [0, 0.05) is 20.1 Å². The van der Waals surface area contributed by atoms with E-state index in [1.807, 2.05) is 0 Å². The van der Waals surface area contributed by atoms with E-state index in [-0.39, 0.29) is 11.5 Å². The molecule has 0 radical (unpaired) electrons. The minimum absolute atomic E-state index is 0.0987. The monoisotopic (exact) mass is 420 g/mol. The fourth-order valence-electron chi connectivity index (χ4n) is 1.50. The molecule has 0 saturated carbocycles. The quantitative estimate of drug-likeness (QED) is 0.675. The first kappa shape index (κ1) is 12.9. The van der Waals surface area contributed by atoms with E-state index in [2.05, 4.69) is 47.8 Å². The molecule has 0 bridgehead atoms. The highest BCUT2D eigenvalue weighted by Crippen LogP contribution is 2.42. The summed E-state index contributed by atoms with van der Waals surface area (Å²) >= 11 is 9.96. The summed E-state index contributed by atoms with van der Waals surface area (Å²) in [7, 11) is 0. The van der Waals surface area contributed by atoms with Gasteiger partial charge in [-0.15, -0.1) is 0 Å². The molecule has 2 nitrogen and oxygen atoms in total. The first-order chi connectivity index (χ1) is 7.99. The van der Waals surface area contributed by atoms with Crippen LogP contribution in [0.2, 0.25) is 0 Å². The van der Waals surface area contributed by atoms with Gasteiger partial charge in [-0.3, -0.25) is 0 Å². The maximum absolute atomic E-state index is 10.00. The summed E-state index contributed by atoms with van der Waals surface area (Å²) in [6, 6.07) is 8.56. The Morgan fingerprint density at radius 1 is 0.765 bits per heavy atom. The number of phenols is 2. The maximum atomic E-state index is 10.00. The van der Waals surface area contributed by atoms with E-state index in [0.29, 0.717) is 15.6 Å². The highest BCUT2D eigenvalue weighted by molar-refractivity contribution is 9.11.